The van der Waals surface area contributed by atoms with Crippen LogP contribution in [-0.2, 0) is 5.41 Å². The Labute approximate surface area is 96.0 Å². The number of aliphatic hydroxyl groups excluding tert-OH is 1. The van der Waals surface area contributed by atoms with Gasteiger partial charge in [0.25, 0.3) is 0 Å². The summed E-state index contributed by atoms with van der Waals surface area (Å²) < 4.78 is 10.5. The molecule has 1 saturated carbocycles. The largest absolute Gasteiger partial charge is 0.497 e. The number of aliphatic hydroxyl groups is 1. The topological polar surface area (TPSA) is 38.7 Å². The van der Waals surface area contributed by atoms with Gasteiger partial charge >= 0.3 is 0 Å². The zero-order valence-electron chi connectivity index (χ0n) is 9.99. The van der Waals surface area contributed by atoms with Crippen molar-refractivity contribution < 1.29 is 14.6 Å². The van der Waals surface area contributed by atoms with Crippen LogP contribution in [0.5, 0.6) is 11.5 Å². The highest BCUT2D eigenvalue weighted by Gasteiger charge is 2.50. The van der Waals surface area contributed by atoms with Crippen molar-refractivity contribution in [3.63, 3.8) is 0 Å². The highest BCUT2D eigenvalue weighted by Crippen LogP contribution is 2.54. The molecule has 1 atom stereocenters. The predicted molar refractivity (Wildman–Crippen MR) is 62.1 cm³/mol. The second kappa shape index (κ2) is 3.98. The van der Waals surface area contributed by atoms with E-state index in [-0.39, 0.29) is 11.5 Å². The molecule has 1 unspecified atom stereocenters. The van der Waals surface area contributed by atoms with Crippen molar-refractivity contribution in [2.45, 2.75) is 31.3 Å². The Balaban J connectivity index is 2.41. The van der Waals surface area contributed by atoms with E-state index in [1.807, 2.05) is 25.1 Å². The number of hydrogen-bond donors (Lipinski definition) is 1. The molecular weight excluding hydrogens is 204 g/mol. The molecule has 0 bridgehead atoms. The molecule has 1 aromatic rings. The summed E-state index contributed by atoms with van der Waals surface area (Å²) in [4.78, 5) is 0. The SMILES string of the molecule is COc1ccc(C2(C(C)O)CC2)c(OC)c1. The van der Waals surface area contributed by atoms with Crippen molar-refractivity contribution in [3.05, 3.63) is 23.8 Å². The number of ether oxygens (including phenoxy) is 2. The average molecular weight is 222 g/mol. The molecule has 0 saturated heterocycles. The third kappa shape index (κ3) is 1.65. The molecule has 0 spiro atoms. The Kier molecular flexibility index (Phi) is 2.80. The van der Waals surface area contributed by atoms with E-state index in [9.17, 15) is 5.11 Å². The van der Waals surface area contributed by atoms with Gasteiger partial charge in [0.1, 0.15) is 11.5 Å². The quantitative estimate of drug-likeness (QED) is 0.848. The smallest absolute Gasteiger partial charge is 0.126 e. The number of benzene rings is 1. The first kappa shape index (κ1) is 11.3. The molecule has 1 aliphatic carbocycles. The molecule has 2 rings (SSSR count). The lowest BCUT2D eigenvalue weighted by Crippen LogP contribution is -2.23. The second-order valence-electron chi connectivity index (χ2n) is 4.40. The van der Waals surface area contributed by atoms with Crippen molar-refractivity contribution in [2.75, 3.05) is 14.2 Å². The summed E-state index contributed by atoms with van der Waals surface area (Å²) in [5.41, 5.74) is 0.989. The average Bonchev–Trinajstić information content (AvgIpc) is 3.09. The van der Waals surface area contributed by atoms with E-state index in [1.165, 1.54) is 0 Å². The monoisotopic (exact) mass is 222 g/mol. The summed E-state index contributed by atoms with van der Waals surface area (Å²) in [7, 11) is 3.28. The molecule has 88 valence electrons. The molecule has 0 amide bonds. The first-order valence-corrected chi connectivity index (χ1v) is 5.54. The number of rotatable bonds is 4. The minimum Gasteiger partial charge on any atom is -0.497 e. The summed E-state index contributed by atoms with van der Waals surface area (Å²) in [5, 5.41) is 9.86. The van der Waals surface area contributed by atoms with Crippen molar-refractivity contribution >= 4 is 0 Å². The maximum Gasteiger partial charge on any atom is 0.126 e. The minimum absolute atomic E-state index is 0.0996. The molecule has 16 heavy (non-hydrogen) atoms. The van der Waals surface area contributed by atoms with Crippen LogP contribution in [0.4, 0.5) is 0 Å². The number of methoxy groups -OCH3 is 2. The Morgan fingerprint density at radius 1 is 1.25 bits per heavy atom. The van der Waals surface area contributed by atoms with Crippen LogP contribution in [-0.4, -0.2) is 25.4 Å². The fraction of sp³-hybridized carbons (Fsp3) is 0.538. The van der Waals surface area contributed by atoms with Gasteiger partial charge < -0.3 is 14.6 Å². The van der Waals surface area contributed by atoms with Gasteiger partial charge in [-0.2, -0.15) is 0 Å². The van der Waals surface area contributed by atoms with Crippen molar-refractivity contribution in [1.82, 2.24) is 0 Å². The maximum absolute atomic E-state index is 9.86. The first-order valence-electron chi connectivity index (χ1n) is 5.54. The first-order chi connectivity index (χ1) is 7.64. The molecule has 1 fully saturated rings. The number of hydrogen-bond acceptors (Lipinski definition) is 3. The van der Waals surface area contributed by atoms with Crippen molar-refractivity contribution in [3.8, 4) is 11.5 Å². The standard InChI is InChI=1S/C13H18O3/c1-9(14)13(6-7-13)11-5-4-10(15-2)8-12(11)16-3/h4-5,8-9,14H,6-7H2,1-3H3. The Hall–Kier alpha value is -1.22. The second-order valence-corrected chi connectivity index (χ2v) is 4.40. The molecule has 0 heterocycles. The van der Waals surface area contributed by atoms with E-state index in [2.05, 4.69) is 0 Å². The van der Waals surface area contributed by atoms with Gasteiger partial charge in [0.15, 0.2) is 0 Å². The Bertz CT molecular complexity index is 381. The van der Waals surface area contributed by atoms with Gasteiger partial charge in [0.2, 0.25) is 0 Å². The lowest BCUT2D eigenvalue weighted by molar-refractivity contribution is 0.149. The minimum atomic E-state index is -0.338. The predicted octanol–water partition coefficient (Wildman–Crippen LogP) is 2.12. The molecule has 1 aliphatic rings. The third-order valence-corrected chi connectivity index (χ3v) is 3.53. The summed E-state index contributed by atoms with van der Waals surface area (Å²) in [6, 6.07) is 5.79. The van der Waals surface area contributed by atoms with E-state index < -0.39 is 0 Å². The van der Waals surface area contributed by atoms with Crippen LogP contribution >= 0.6 is 0 Å². The lowest BCUT2D eigenvalue weighted by atomic mass is 9.90. The van der Waals surface area contributed by atoms with Crippen LogP contribution in [0.3, 0.4) is 0 Å². The van der Waals surface area contributed by atoms with Crippen LogP contribution in [0.15, 0.2) is 18.2 Å². The maximum atomic E-state index is 9.86. The van der Waals surface area contributed by atoms with Crippen LogP contribution < -0.4 is 9.47 Å². The fourth-order valence-electron chi connectivity index (χ4n) is 2.26. The zero-order valence-corrected chi connectivity index (χ0v) is 9.99. The van der Waals surface area contributed by atoms with Gasteiger partial charge in [-0.3, -0.25) is 0 Å². The summed E-state index contributed by atoms with van der Waals surface area (Å²) in [5.74, 6) is 1.58. The van der Waals surface area contributed by atoms with Crippen LogP contribution in [0.2, 0.25) is 0 Å². The van der Waals surface area contributed by atoms with Gasteiger partial charge in [-0.1, -0.05) is 6.07 Å². The van der Waals surface area contributed by atoms with Crippen LogP contribution in [0, 0.1) is 0 Å². The molecule has 0 aromatic heterocycles. The van der Waals surface area contributed by atoms with Gasteiger partial charge in [-0.05, 0) is 25.8 Å². The van der Waals surface area contributed by atoms with Gasteiger partial charge in [-0.15, -0.1) is 0 Å². The van der Waals surface area contributed by atoms with Gasteiger partial charge in [0, 0.05) is 17.0 Å². The van der Waals surface area contributed by atoms with Gasteiger partial charge in [0.05, 0.1) is 20.3 Å². The Morgan fingerprint density at radius 2 is 1.94 bits per heavy atom. The third-order valence-electron chi connectivity index (χ3n) is 3.53. The molecular formula is C13H18O3. The zero-order chi connectivity index (χ0) is 11.8. The lowest BCUT2D eigenvalue weighted by Gasteiger charge is -2.22. The summed E-state index contributed by atoms with van der Waals surface area (Å²) in [6.07, 6.45) is 1.70. The van der Waals surface area contributed by atoms with E-state index >= 15 is 0 Å². The molecule has 1 aromatic carbocycles. The molecule has 3 nitrogen and oxygen atoms in total. The van der Waals surface area contributed by atoms with Gasteiger partial charge in [-0.25, -0.2) is 0 Å². The highest BCUT2D eigenvalue weighted by atomic mass is 16.5. The van der Waals surface area contributed by atoms with E-state index in [0.29, 0.717) is 0 Å². The summed E-state index contributed by atoms with van der Waals surface area (Å²) in [6.45, 7) is 1.84. The van der Waals surface area contributed by atoms with Crippen LogP contribution in [0.25, 0.3) is 0 Å². The fourth-order valence-corrected chi connectivity index (χ4v) is 2.26. The van der Waals surface area contributed by atoms with E-state index in [0.717, 1.165) is 29.9 Å². The van der Waals surface area contributed by atoms with Crippen molar-refractivity contribution in [1.29, 1.82) is 0 Å². The Morgan fingerprint density at radius 3 is 2.38 bits per heavy atom. The molecule has 0 aliphatic heterocycles. The highest BCUT2D eigenvalue weighted by molar-refractivity contribution is 5.48. The summed E-state index contributed by atoms with van der Waals surface area (Å²) >= 11 is 0. The normalized spacial score (nSPS) is 19.0. The van der Waals surface area contributed by atoms with E-state index in [1.54, 1.807) is 14.2 Å². The molecule has 3 heteroatoms. The van der Waals surface area contributed by atoms with Crippen molar-refractivity contribution in [2.24, 2.45) is 0 Å². The molecule has 1 N–H and O–H groups in total. The van der Waals surface area contributed by atoms with E-state index in [4.69, 9.17) is 9.47 Å². The molecule has 0 radical (unpaired) electrons. The van der Waals surface area contributed by atoms with Crippen LogP contribution in [0.1, 0.15) is 25.3 Å².